The molecule has 0 aliphatic carbocycles. The summed E-state index contributed by atoms with van der Waals surface area (Å²) in [7, 11) is 0. The van der Waals surface area contributed by atoms with Crippen molar-refractivity contribution in [3.05, 3.63) is 5.21 Å². The molecule has 90 valence electrons. The average molecular weight is 214 g/mol. The van der Waals surface area contributed by atoms with Gasteiger partial charge in [0.05, 0.1) is 0 Å². The van der Waals surface area contributed by atoms with E-state index in [9.17, 15) is 10.0 Å². The summed E-state index contributed by atoms with van der Waals surface area (Å²) in [5.41, 5.74) is 0.970. The van der Waals surface area contributed by atoms with Crippen LogP contribution >= 0.6 is 0 Å². The molecule has 0 radical (unpaired) electrons. The summed E-state index contributed by atoms with van der Waals surface area (Å²) in [6.07, 6.45) is 8.06. The Morgan fingerprint density at radius 2 is 1.67 bits per heavy atom. The lowest BCUT2D eigenvalue weighted by Crippen LogP contribution is -2.33. The fourth-order valence-corrected chi connectivity index (χ4v) is 1.60. The standard InChI is InChI=1S/C12H24NO2/c1-4-5-6-7-8-9-10-12(2,3)11(14)13-15/h4-10H2,1-3H3,(H-,13,14,15)/q-1. The van der Waals surface area contributed by atoms with Crippen molar-refractivity contribution in [3.8, 4) is 0 Å². The molecule has 0 aromatic carbocycles. The summed E-state index contributed by atoms with van der Waals surface area (Å²) in [5, 5.41) is 10.3. The zero-order valence-corrected chi connectivity index (χ0v) is 10.3. The first-order valence-electron chi connectivity index (χ1n) is 5.97. The van der Waals surface area contributed by atoms with E-state index in [-0.39, 0.29) is 0 Å². The molecule has 0 unspecified atom stereocenters. The second kappa shape index (κ2) is 7.69. The number of amides is 1. The highest BCUT2D eigenvalue weighted by molar-refractivity contribution is 5.81. The number of carbonyl (C=O) groups excluding carboxylic acids is 1. The normalized spacial score (nSPS) is 11.5. The highest BCUT2D eigenvalue weighted by Gasteiger charge is 2.24. The number of rotatable bonds is 8. The maximum Gasteiger partial charge on any atom is 0.215 e. The summed E-state index contributed by atoms with van der Waals surface area (Å²) < 4.78 is 0. The molecule has 0 saturated heterocycles. The lowest BCUT2D eigenvalue weighted by molar-refractivity contribution is -0.128. The van der Waals surface area contributed by atoms with E-state index in [1.807, 2.05) is 13.8 Å². The Kier molecular flexibility index (Phi) is 7.39. The molecule has 15 heavy (non-hydrogen) atoms. The summed E-state index contributed by atoms with van der Waals surface area (Å²) in [4.78, 5) is 11.2. The fraction of sp³-hybridized carbons (Fsp3) is 0.917. The molecule has 0 aromatic rings. The Hall–Kier alpha value is -0.570. The van der Waals surface area contributed by atoms with Crippen LogP contribution in [0.25, 0.3) is 0 Å². The van der Waals surface area contributed by atoms with Crippen LogP contribution in [0.4, 0.5) is 0 Å². The zero-order valence-electron chi connectivity index (χ0n) is 10.3. The number of hydrogen-bond donors (Lipinski definition) is 1. The van der Waals surface area contributed by atoms with Gasteiger partial charge in [-0.25, -0.2) is 0 Å². The molecule has 1 amide bonds. The Bertz CT molecular complexity index is 178. The highest BCUT2D eigenvalue weighted by Crippen LogP contribution is 2.24. The SMILES string of the molecule is CCCCCCCCC(C)(C)C(=O)N[O-]. The van der Waals surface area contributed by atoms with Gasteiger partial charge in [-0.2, -0.15) is 0 Å². The molecular weight excluding hydrogens is 190 g/mol. The number of hydroxylamine groups is 1. The quantitative estimate of drug-likeness (QED) is 0.497. The molecule has 0 saturated carbocycles. The van der Waals surface area contributed by atoms with Crippen molar-refractivity contribution in [2.24, 2.45) is 5.41 Å². The number of unbranched alkanes of at least 4 members (excludes halogenated alkanes) is 5. The summed E-state index contributed by atoms with van der Waals surface area (Å²) in [5.74, 6) is -0.393. The first kappa shape index (κ1) is 14.4. The summed E-state index contributed by atoms with van der Waals surface area (Å²) in [6.45, 7) is 5.85. The Morgan fingerprint density at radius 1 is 1.13 bits per heavy atom. The van der Waals surface area contributed by atoms with Crippen molar-refractivity contribution in [2.45, 2.75) is 65.7 Å². The topological polar surface area (TPSA) is 52.2 Å². The molecule has 0 aliphatic heterocycles. The van der Waals surface area contributed by atoms with E-state index in [2.05, 4.69) is 6.92 Å². The predicted octanol–water partition coefficient (Wildman–Crippen LogP) is 3.38. The molecule has 3 heteroatoms. The van der Waals surface area contributed by atoms with Crippen LogP contribution in [0.3, 0.4) is 0 Å². The maximum atomic E-state index is 11.2. The van der Waals surface area contributed by atoms with Gasteiger partial charge in [-0.1, -0.05) is 59.3 Å². The third-order valence-electron chi connectivity index (χ3n) is 2.86. The van der Waals surface area contributed by atoms with Gasteiger partial charge in [-0.3, -0.25) is 4.79 Å². The minimum atomic E-state index is -0.507. The van der Waals surface area contributed by atoms with E-state index in [1.165, 1.54) is 31.2 Å². The Balaban J connectivity index is 3.53. The van der Waals surface area contributed by atoms with Crippen LogP contribution in [0.15, 0.2) is 0 Å². The largest absolute Gasteiger partial charge is 0.759 e. The van der Waals surface area contributed by atoms with E-state index >= 15 is 0 Å². The van der Waals surface area contributed by atoms with Crippen molar-refractivity contribution < 1.29 is 4.79 Å². The van der Waals surface area contributed by atoms with E-state index in [0.29, 0.717) is 0 Å². The average Bonchev–Trinajstić information content (AvgIpc) is 2.22. The molecule has 0 aliphatic rings. The molecule has 0 heterocycles. The van der Waals surface area contributed by atoms with Gasteiger partial charge in [0.25, 0.3) is 0 Å². The predicted molar refractivity (Wildman–Crippen MR) is 63.3 cm³/mol. The second-order valence-corrected chi connectivity index (χ2v) is 4.83. The van der Waals surface area contributed by atoms with Crippen LogP contribution in [0.2, 0.25) is 0 Å². The van der Waals surface area contributed by atoms with E-state index in [1.54, 1.807) is 0 Å². The maximum absolute atomic E-state index is 11.2. The Labute approximate surface area is 93.2 Å². The van der Waals surface area contributed by atoms with Crippen LogP contribution in [-0.4, -0.2) is 5.91 Å². The van der Waals surface area contributed by atoms with Gasteiger partial charge < -0.3 is 10.7 Å². The number of hydrogen-bond acceptors (Lipinski definition) is 2. The van der Waals surface area contributed by atoms with Gasteiger partial charge >= 0.3 is 0 Å². The molecule has 0 aromatic heterocycles. The second-order valence-electron chi connectivity index (χ2n) is 4.83. The fourth-order valence-electron chi connectivity index (χ4n) is 1.60. The monoisotopic (exact) mass is 214 g/mol. The van der Waals surface area contributed by atoms with Crippen LogP contribution in [0, 0.1) is 10.6 Å². The summed E-state index contributed by atoms with van der Waals surface area (Å²) in [6, 6.07) is 0. The van der Waals surface area contributed by atoms with Crippen molar-refractivity contribution >= 4 is 5.91 Å². The van der Waals surface area contributed by atoms with E-state index in [4.69, 9.17) is 0 Å². The van der Waals surface area contributed by atoms with E-state index < -0.39 is 11.3 Å². The van der Waals surface area contributed by atoms with Crippen molar-refractivity contribution in [1.29, 1.82) is 0 Å². The molecule has 0 fully saturated rings. The lowest BCUT2D eigenvalue weighted by Gasteiger charge is -2.25. The summed E-state index contributed by atoms with van der Waals surface area (Å²) >= 11 is 0. The van der Waals surface area contributed by atoms with Gasteiger partial charge in [-0.05, 0) is 6.42 Å². The smallest absolute Gasteiger partial charge is 0.215 e. The van der Waals surface area contributed by atoms with Gasteiger partial charge in [0.15, 0.2) is 0 Å². The van der Waals surface area contributed by atoms with Gasteiger partial charge in [0.2, 0.25) is 5.91 Å². The third-order valence-corrected chi connectivity index (χ3v) is 2.86. The van der Waals surface area contributed by atoms with Crippen molar-refractivity contribution in [3.63, 3.8) is 0 Å². The lowest BCUT2D eigenvalue weighted by atomic mass is 9.86. The molecule has 0 rings (SSSR count). The van der Waals surface area contributed by atoms with Crippen LogP contribution in [0.5, 0.6) is 0 Å². The Morgan fingerprint density at radius 3 is 2.20 bits per heavy atom. The van der Waals surface area contributed by atoms with E-state index in [0.717, 1.165) is 19.3 Å². The van der Waals surface area contributed by atoms with Crippen molar-refractivity contribution in [2.75, 3.05) is 0 Å². The molecule has 1 N–H and O–H groups in total. The van der Waals surface area contributed by atoms with Gasteiger partial charge in [0, 0.05) is 5.41 Å². The molecule has 0 spiro atoms. The number of nitrogens with one attached hydrogen (secondary N) is 1. The van der Waals surface area contributed by atoms with Crippen LogP contribution in [0.1, 0.15) is 65.7 Å². The number of carbonyl (C=O) groups is 1. The first-order valence-corrected chi connectivity index (χ1v) is 5.97. The highest BCUT2D eigenvalue weighted by atomic mass is 16.5. The zero-order chi connectivity index (χ0) is 11.7. The van der Waals surface area contributed by atoms with Crippen molar-refractivity contribution in [1.82, 2.24) is 5.48 Å². The minimum absolute atomic E-state index is 0.393. The minimum Gasteiger partial charge on any atom is -0.759 e. The van der Waals surface area contributed by atoms with Gasteiger partial charge in [-0.15, -0.1) is 0 Å². The van der Waals surface area contributed by atoms with Gasteiger partial charge in [0.1, 0.15) is 0 Å². The molecule has 0 bridgehead atoms. The third kappa shape index (κ3) is 6.50. The molecule has 3 nitrogen and oxygen atoms in total. The van der Waals surface area contributed by atoms with Crippen LogP contribution in [-0.2, 0) is 4.79 Å². The molecule has 0 atom stereocenters. The van der Waals surface area contributed by atoms with Crippen LogP contribution < -0.4 is 5.48 Å². The first-order chi connectivity index (χ1) is 7.04. The molecular formula is C12H24NO2-.